The Labute approximate surface area is 175 Å². The van der Waals surface area contributed by atoms with Crippen LogP contribution in [0.4, 0.5) is 0 Å². The molecule has 0 heterocycles. The molecule has 0 aliphatic rings. The smallest absolute Gasteiger partial charge is 0.241 e. The summed E-state index contributed by atoms with van der Waals surface area (Å²) in [6.07, 6.45) is 3.16. The number of sulfonamides is 1. The number of nitrogens with zero attached hydrogens (tertiary/aromatic N) is 1. The molecule has 0 bridgehead atoms. The first kappa shape index (κ1) is 23.6. The van der Waals surface area contributed by atoms with Crippen LogP contribution in [0.5, 0.6) is 0 Å². The number of aryl methyl sites for hydroxylation is 1. The molecule has 1 aromatic carbocycles. The zero-order chi connectivity index (χ0) is 20.3. The van der Waals surface area contributed by atoms with Crippen LogP contribution >= 0.6 is 22.6 Å². The van der Waals surface area contributed by atoms with E-state index in [0.29, 0.717) is 5.56 Å². The third kappa shape index (κ3) is 8.86. The van der Waals surface area contributed by atoms with Crippen molar-refractivity contribution in [2.75, 3.05) is 13.1 Å². The Kier molecular flexibility index (Phi) is 10.6. The lowest BCUT2D eigenvalue weighted by Gasteiger charge is -2.19. The predicted octanol–water partition coefficient (Wildman–Crippen LogP) is 2.61. The molecule has 0 aromatic heterocycles. The zero-order valence-electron chi connectivity index (χ0n) is 15.6. The molecule has 1 aromatic rings. The van der Waals surface area contributed by atoms with Gasteiger partial charge in [0, 0.05) is 29.0 Å². The van der Waals surface area contributed by atoms with Crippen molar-refractivity contribution < 1.29 is 18.0 Å². The van der Waals surface area contributed by atoms with E-state index < -0.39 is 28.4 Å². The van der Waals surface area contributed by atoms with E-state index in [0.717, 1.165) is 29.1 Å². The number of imide groups is 1. The maximum Gasteiger partial charge on any atom is 0.241 e. The predicted molar refractivity (Wildman–Crippen MR) is 114 cm³/mol. The van der Waals surface area contributed by atoms with E-state index >= 15 is 0 Å². The number of amides is 2. The number of unbranched alkanes of at least 4 members (excludes halogenated alkanes) is 1. The average Bonchev–Trinajstić information content (AvgIpc) is 2.63. The summed E-state index contributed by atoms with van der Waals surface area (Å²) in [5.41, 5.74) is 1.76. The highest BCUT2D eigenvalue weighted by molar-refractivity contribution is 14.1. The van der Waals surface area contributed by atoms with Crippen LogP contribution in [0.1, 0.15) is 44.2 Å². The summed E-state index contributed by atoms with van der Waals surface area (Å²) in [4.78, 5) is 23.3. The summed E-state index contributed by atoms with van der Waals surface area (Å²) < 4.78 is 29.2. The lowest BCUT2D eigenvalue weighted by Crippen LogP contribution is -2.43. The van der Waals surface area contributed by atoms with Crippen molar-refractivity contribution in [3.63, 3.8) is 0 Å². The highest BCUT2D eigenvalue weighted by Gasteiger charge is 2.25. The lowest BCUT2D eigenvalue weighted by atomic mass is 10.1. The van der Waals surface area contributed by atoms with Crippen molar-refractivity contribution in [1.29, 1.82) is 0 Å². The van der Waals surface area contributed by atoms with Crippen LogP contribution in [0.3, 0.4) is 0 Å². The van der Waals surface area contributed by atoms with E-state index in [1.807, 2.05) is 40.8 Å². The Bertz CT molecular complexity index is 812. The first-order valence-corrected chi connectivity index (χ1v) is 11.5. The van der Waals surface area contributed by atoms with Crippen LogP contribution in [0.2, 0.25) is 0 Å². The summed E-state index contributed by atoms with van der Waals surface area (Å²) in [6, 6.07) is 7.47. The van der Waals surface area contributed by atoms with Gasteiger partial charge in [-0.05, 0) is 27.9 Å². The van der Waals surface area contributed by atoms with Crippen LogP contribution in [-0.2, 0) is 31.8 Å². The molecule has 8 heteroatoms. The van der Waals surface area contributed by atoms with E-state index in [4.69, 9.17) is 0 Å². The highest BCUT2D eigenvalue weighted by Crippen LogP contribution is 2.14. The number of rotatable bonds is 10. The van der Waals surface area contributed by atoms with Crippen molar-refractivity contribution in [3.05, 3.63) is 35.4 Å². The monoisotopic (exact) mass is 504 g/mol. The third-order valence-electron chi connectivity index (χ3n) is 3.79. The quantitative estimate of drug-likeness (QED) is 0.393. The molecule has 0 saturated carbocycles. The summed E-state index contributed by atoms with van der Waals surface area (Å²) in [5, 5.41) is 2.17. The van der Waals surface area contributed by atoms with E-state index in [1.54, 1.807) is 13.0 Å². The van der Waals surface area contributed by atoms with Gasteiger partial charge in [0.15, 0.2) is 0 Å². The molecule has 0 radical (unpaired) electrons. The van der Waals surface area contributed by atoms with E-state index in [2.05, 4.69) is 22.1 Å². The van der Waals surface area contributed by atoms with Crippen LogP contribution in [-0.4, -0.2) is 37.6 Å². The Morgan fingerprint density at radius 1 is 1.19 bits per heavy atom. The fourth-order valence-electron chi connectivity index (χ4n) is 2.37. The van der Waals surface area contributed by atoms with Gasteiger partial charge in [0.1, 0.15) is 0 Å². The second kappa shape index (κ2) is 12.1. The fraction of sp³-hybridized carbons (Fsp3) is 0.474. The number of hydrogen-bond acceptors (Lipinski definition) is 4. The van der Waals surface area contributed by atoms with Gasteiger partial charge >= 0.3 is 0 Å². The summed E-state index contributed by atoms with van der Waals surface area (Å²) >= 11 is 1.81. The minimum Gasteiger partial charge on any atom is -0.295 e. The van der Waals surface area contributed by atoms with Crippen molar-refractivity contribution in [3.8, 4) is 9.85 Å². The second-order valence-corrected chi connectivity index (χ2v) is 8.55. The number of carbonyl (C=O) groups excluding carboxylic acids is 2. The van der Waals surface area contributed by atoms with Crippen LogP contribution in [0.15, 0.2) is 24.3 Å². The maximum absolute atomic E-state index is 12.8. The number of hydrogen-bond donors (Lipinski definition) is 1. The molecule has 148 valence electrons. The molecule has 0 aliphatic heterocycles. The number of benzene rings is 1. The zero-order valence-corrected chi connectivity index (χ0v) is 18.6. The van der Waals surface area contributed by atoms with Crippen LogP contribution < -0.4 is 5.32 Å². The van der Waals surface area contributed by atoms with E-state index in [9.17, 15) is 18.0 Å². The minimum atomic E-state index is -3.77. The van der Waals surface area contributed by atoms with Gasteiger partial charge in [0.25, 0.3) is 0 Å². The van der Waals surface area contributed by atoms with Gasteiger partial charge in [-0.15, -0.1) is 0 Å². The normalized spacial score (nSPS) is 11.0. The molecule has 0 atom stereocenters. The number of nitrogens with one attached hydrogen (secondary N) is 1. The largest absolute Gasteiger partial charge is 0.295 e. The molecule has 1 rings (SSSR count). The van der Waals surface area contributed by atoms with Gasteiger partial charge in [-0.1, -0.05) is 50.5 Å². The van der Waals surface area contributed by atoms with Gasteiger partial charge in [0.05, 0.1) is 18.8 Å². The van der Waals surface area contributed by atoms with Gasteiger partial charge in [-0.2, -0.15) is 4.31 Å². The first-order valence-electron chi connectivity index (χ1n) is 8.79. The highest BCUT2D eigenvalue weighted by atomic mass is 127. The molecular formula is C19H25IN2O4S. The Balaban J connectivity index is 2.94. The molecular weight excluding hydrogens is 479 g/mol. The van der Waals surface area contributed by atoms with E-state index in [1.165, 1.54) is 0 Å². The minimum absolute atomic E-state index is 0.103. The fourth-order valence-corrected chi connectivity index (χ4v) is 3.90. The topological polar surface area (TPSA) is 83.6 Å². The van der Waals surface area contributed by atoms with E-state index in [-0.39, 0.29) is 18.7 Å². The number of halogens is 1. The van der Waals surface area contributed by atoms with Gasteiger partial charge < -0.3 is 0 Å². The van der Waals surface area contributed by atoms with Crippen LogP contribution in [0.25, 0.3) is 0 Å². The molecule has 2 amide bonds. The van der Waals surface area contributed by atoms with Gasteiger partial charge in [-0.3, -0.25) is 14.9 Å². The lowest BCUT2D eigenvalue weighted by molar-refractivity contribution is -0.130. The van der Waals surface area contributed by atoms with Crippen molar-refractivity contribution in [2.45, 2.75) is 45.3 Å². The molecule has 0 unspecified atom stereocenters. The van der Waals surface area contributed by atoms with Gasteiger partial charge in [0.2, 0.25) is 21.8 Å². The molecule has 1 N–H and O–H groups in total. The van der Waals surface area contributed by atoms with Crippen molar-refractivity contribution in [2.24, 2.45) is 0 Å². The van der Waals surface area contributed by atoms with Crippen LogP contribution in [0, 0.1) is 9.85 Å². The Morgan fingerprint density at radius 3 is 2.52 bits per heavy atom. The van der Waals surface area contributed by atoms with Crippen molar-refractivity contribution >= 4 is 44.4 Å². The summed E-state index contributed by atoms with van der Waals surface area (Å²) in [6.45, 7) is 3.18. The Hall–Kier alpha value is -1.44. The Morgan fingerprint density at radius 2 is 1.89 bits per heavy atom. The summed E-state index contributed by atoms with van der Waals surface area (Å²) in [5.74, 6) is 1.35. The summed E-state index contributed by atoms with van der Waals surface area (Å²) in [7, 11) is -3.77. The molecule has 0 fully saturated rings. The second-order valence-electron chi connectivity index (χ2n) is 6.04. The SMILES string of the molecule is CCCCc1cccc(CS(=O)(=O)N(CC#CI)CC(=O)NC(=O)CC)c1. The molecule has 6 nitrogen and oxygen atoms in total. The molecule has 27 heavy (non-hydrogen) atoms. The van der Waals surface area contributed by atoms with Crippen molar-refractivity contribution in [1.82, 2.24) is 9.62 Å². The molecule has 0 aliphatic carbocycles. The number of carbonyl (C=O) groups is 2. The molecule has 0 saturated heterocycles. The van der Waals surface area contributed by atoms with Gasteiger partial charge in [-0.25, -0.2) is 8.42 Å². The first-order chi connectivity index (χ1) is 12.8. The molecule has 0 spiro atoms. The maximum atomic E-state index is 12.8. The average molecular weight is 504 g/mol. The standard InChI is InChI=1S/C19H25IN2O4S/c1-3-5-8-16-9-6-10-17(13-16)15-27(25,26)22(12-7-11-20)14-19(24)21-18(23)4-2/h6,9-10,13H,3-5,8,12,14-15H2,1-2H3,(H,21,23,24). The third-order valence-corrected chi connectivity index (χ3v) is 5.92.